The average Bonchev–Trinajstić information content (AvgIpc) is 2.87. The summed E-state index contributed by atoms with van der Waals surface area (Å²) in [5.74, 6) is -0.184. The molecule has 8 nitrogen and oxygen atoms in total. The highest BCUT2D eigenvalue weighted by Gasteiger charge is 2.08. The van der Waals surface area contributed by atoms with E-state index < -0.39 is 5.97 Å². The number of nitrogens with one attached hydrogen (secondary N) is 1. The summed E-state index contributed by atoms with van der Waals surface area (Å²) in [5, 5.41) is 19.2. The van der Waals surface area contributed by atoms with E-state index in [1.807, 2.05) is 13.0 Å². The van der Waals surface area contributed by atoms with Crippen LogP contribution in [-0.2, 0) is 6.54 Å². The minimum absolute atomic E-state index is 0.0658. The summed E-state index contributed by atoms with van der Waals surface area (Å²) in [7, 11) is 0. The molecular weight excluding hydrogens is 272 g/mol. The Balaban J connectivity index is 1.95. The summed E-state index contributed by atoms with van der Waals surface area (Å²) in [5.41, 5.74) is 1.83. The molecule has 0 aliphatic rings. The molecule has 0 fully saturated rings. The first-order valence-electron chi connectivity index (χ1n) is 6.68. The number of aromatic carboxylic acids is 1. The van der Waals surface area contributed by atoms with Gasteiger partial charge in [0.2, 0.25) is 5.95 Å². The van der Waals surface area contributed by atoms with Gasteiger partial charge >= 0.3 is 5.97 Å². The van der Waals surface area contributed by atoms with Crippen LogP contribution in [0.3, 0.4) is 0 Å². The highest BCUT2D eigenvalue weighted by atomic mass is 16.4. The molecular formula is C13H18N6O2. The number of rotatable bonds is 6. The molecule has 0 aliphatic carbocycles. The van der Waals surface area contributed by atoms with Crippen LogP contribution in [0.5, 0.6) is 0 Å². The van der Waals surface area contributed by atoms with Crippen LogP contribution in [0.25, 0.3) is 0 Å². The van der Waals surface area contributed by atoms with E-state index in [0.717, 1.165) is 11.4 Å². The van der Waals surface area contributed by atoms with Gasteiger partial charge in [0, 0.05) is 17.9 Å². The summed E-state index contributed by atoms with van der Waals surface area (Å²) >= 11 is 0. The van der Waals surface area contributed by atoms with Crippen LogP contribution < -0.4 is 5.32 Å². The van der Waals surface area contributed by atoms with Crippen LogP contribution in [-0.4, -0.2) is 42.6 Å². The number of carboxylic acids is 1. The number of aromatic nitrogens is 5. The lowest BCUT2D eigenvalue weighted by Gasteiger charge is -2.09. The minimum atomic E-state index is -1.09. The van der Waals surface area contributed by atoms with Crippen molar-refractivity contribution >= 4 is 11.9 Å². The standard InChI is InChI=1S/C13H18N6O2/c1-8(2)10-6-9(3)15-13(16-10)14-4-5-19-7-11(12(20)21)17-18-19/h6-8H,4-5H2,1-3H3,(H,20,21)(H,14,15,16). The van der Waals surface area contributed by atoms with Gasteiger partial charge in [0.25, 0.3) is 0 Å². The molecule has 0 unspecified atom stereocenters. The van der Waals surface area contributed by atoms with Crippen molar-refractivity contribution in [2.24, 2.45) is 0 Å². The summed E-state index contributed by atoms with van der Waals surface area (Å²) < 4.78 is 1.47. The highest BCUT2D eigenvalue weighted by Crippen LogP contribution is 2.14. The lowest BCUT2D eigenvalue weighted by molar-refractivity contribution is 0.0690. The summed E-state index contributed by atoms with van der Waals surface area (Å²) in [6.45, 7) is 7.09. The Labute approximate surface area is 122 Å². The Kier molecular flexibility index (Phi) is 4.46. The molecule has 0 spiro atoms. The van der Waals surface area contributed by atoms with Crippen LogP contribution >= 0.6 is 0 Å². The molecule has 2 heterocycles. The Morgan fingerprint density at radius 3 is 2.81 bits per heavy atom. The fourth-order valence-electron chi connectivity index (χ4n) is 1.76. The number of aryl methyl sites for hydroxylation is 1. The van der Waals surface area contributed by atoms with E-state index in [1.165, 1.54) is 10.9 Å². The predicted molar refractivity (Wildman–Crippen MR) is 76.3 cm³/mol. The SMILES string of the molecule is Cc1cc(C(C)C)nc(NCCn2cc(C(=O)O)nn2)n1. The van der Waals surface area contributed by atoms with Crippen molar-refractivity contribution in [3.63, 3.8) is 0 Å². The fourth-order valence-corrected chi connectivity index (χ4v) is 1.76. The van der Waals surface area contributed by atoms with Crippen molar-refractivity contribution in [3.8, 4) is 0 Å². The molecule has 0 bridgehead atoms. The molecule has 2 N–H and O–H groups in total. The van der Waals surface area contributed by atoms with E-state index in [2.05, 4.69) is 39.4 Å². The van der Waals surface area contributed by atoms with Gasteiger partial charge in [-0.05, 0) is 18.9 Å². The normalized spacial score (nSPS) is 10.9. The Morgan fingerprint density at radius 2 is 2.19 bits per heavy atom. The number of hydrogen-bond acceptors (Lipinski definition) is 6. The van der Waals surface area contributed by atoms with Crippen molar-refractivity contribution in [2.75, 3.05) is 11.9 Å². The number of nitrogens with zero attached hydrogens (tertiary/aromatic N) is 5. The number of carboxylic acid groups (broad SMARTS) is 1. The van der Waals surface area contributed by atoms with E-state index in [-0.39, 0.29) is 5.69 Å². The number of anilines is 1. The first-order chi connectivity index (χ1) is 9.95. The fraction of sp³-hybridized carbons (Fsp3) is 0.462. The maximum Gasteiger partial charge on any atom is 0.358 e. The molecule has 2 aromatic heterocycles. The second kappa shape index (κ2) is 6.29. The molecule has 0 saturated carbocycles. The van der Waals surface area contributed by atoms with Crippen molar-refractivity contribution < 1.29 is 9.90 Å². The van der Waals surface area contributed by atoms with Crippen molar-refractivity contribution in [1.82, 2.24) is 25.0 Å². The van der Waals surface area contributed by atoms with Gasteiger partial charge < -0.3 is 10.4 Å². The number of carbonyl (C=O) groups is 1. The Hall–Kier alpha value is -2.51. The smallest absolute Gasteiger partial charge is 0.358 e. The second-order valence-electron chi connectivity index (χ2n) is 5.01. The van der Waals surface area contributed by atoms with Gasteiger partial charge in [-0.3, -0.25) is 0 Å². The van der Waals surface area contributed by atoms with E-state index >= 15 is 0 Å². The zero-order valence-corrected chi connectivity index (χ0v) is 12.2. The first kappa shape index (κ1) is 14.9. The molecule has 0 atom stereocenters. The van der Waals surface area contributed by atoms with Gasteiger partial charge in [-0.1, -0.05) is 19.1 Å². The molecule has 21 heavy (non-hydrogen) atoms. The lowest BCUT2D eigenvalue weighted by Crippen LogP contribution is -2.14. The van der Waals surface area contributed by atoms with Crippen molar-refractivity contribution in [2.45, 2.75) is 33.2 Å². The molecule has 0 saturated heterocycles. The maximum absolute atomic E-state index is 10.7. The van der Waals surface area contributed by atoms with E-state index in [0.29, 0.717) is 25.0 Å². The van der Waals surface area contributed by atoms with Crippen LogP contribution in [0.1, 0.15) is 41.6 Å². The highest BCUT2D eigenvalue weighted by molar-refractivity contribution is 5.84. The van der Waals surface area contributed by atoms with Gasteiger partial charge in [0.1, 0.15) is 0 Å². The van der Waals surface area contributed by atoms with Crippen LogP contribution in [0.4, 0.5) is 5.95 Å². The van der Waals surface area contributed by atoms with Crippen molar-refractivity contribution in [1.29, 1.82) is 0 Å². The second-order valence-corrected chi connectivity index (χ2v) is 5.01. The molecule has 0 amide bonds. The third-order valence-corrected chi connectivity index (χ3v) is 2.85. The van der Waals surface area contributed by atoms with E-state index in [9.17, 15) is 4.79 Å². The quantitative estimate of drug-likeness (QED) is 0.826. The molecule has 8 heteroatoms. The third kappa shape index (κ3) is 3.98. The Bertz CT molecular complexity index is 637. The molecule has 2 rings (SSSR count). The van der Waals surface area contributed by atoms with Gasteiger partial charge in [-0.25, -0.2) is 19.4 Å². The zero-order valence-electron chi connectivity index (χ0n) is 12.2. The van der Waals surface area contributed by atoms with Crippen LogP contribution in [0.2, 0.25) is 0 Å². The Morgan fingerprint density at radius 1 is 1.43 bits per heavy atom. The largest absolute Gasteiger partial charge is 0.476 e. The first-order valence-corrected chi connectivity index (χ1v) is 6.68. The van der Waals surface area contributed by atoms with Crippen molar-refractivity contribution in [3.05, 3.63) is 29.3 Å². The summed E-state index contributed by atoms with van der Waals surface area (Å²) in [6, 6.07) is 1.96. The maximum atomic E-state index is 10.7. The lowest BCUT2D eigenvalue weighted by atomic mass is 10.1. The van der Waals surface area contributed by atoms with E-state index in [4.69, 9.17) is 5.11 Å². The molecule has 0 aliphatic heterocycles. The number of hydrogen-bond donors (Lipinski definition) is 2. The van der Waals surface area contributed by atoms with E-state index in [1.54, 1.807) is 0 Å². The topological polar surface area (TPSA) is 106 Å². The predicted octanol–water partition coefficient (Wildman–Crippen LogP) is 1.31. The van der Waals surface area contributed by atoms with Gasteiger partial charge in [-0.15, -0.1) is 5.10 Å². The average molecular weight is 290 g/mol. The summed E-state index contributed by atoms with van der Waals surface area (Å²) in [6.07, 6.45) is 1.39. The van der Waals surface area contributed by atoms with Gasteiger partial charge in [0.05, 0.1) is 12.7 Å². The zero-order chi connectivity index (χ0) is 15.4. The van der Waals surface area contributed by atoms with Gasteiger partial charge in [-0.2, -0.15) is 0 Å². The molecule has 0 aromatic carbocycles. The molecule has 2 aromatic rings. The molecule has 112 valence electrons. The molecule has 0 radical (unpaired) electrons. The minimum Gasteiger partial charge on any atom is -0.476 e. The van der Waals surface area contributed by atoms with Gasteiger partial charge in [0.15, 0.2) is 5.69 Å². The third-order valence-electron chi connectivity index (χ3n) is 2.85. The summed E-state index contributed by atoms with van der Waals surface area (Å²) in [4.78, 5) is 19.5. The van der Waals surface area contributed by atoms with Crippen LogP contribution in [0, 0.1) is 6.92 Å². The monoisotopic (exact) mass is 290 g/mol. The van der Waals surface area contributed by atoms with Crippen LogP contribution in [0.15, 0.2) is 12.3 Å².